The van der Waals surface area contributed by atoms with E-state index in [1.807, 2.05) is 0 Å². The molecule has 0 rings (SSSR count). The van der Waals surface area contributed by atoms with Crippen LogP contribution >= 0.6 is 0 Å². The van der Waals surface area contributed by atoms with Crippen molar-refractivity contribution in [3.05, 3.63) is 0 Å². The van der Waals surface area contributed by atoms with Crippen LogP contribution in [0, 0.1) is 0 Å². The van der Waals surface area contributed by atoms with Gasteiger partial charge in [0.05, 0.1) is 13.2 Å². The zero-order chi connectivity index (χ0) is 9.28. The van der Waals surface area contributed by atoms with E-state index in [0.29, 0.717) is 0 Å². The zero-order valence-electron chi connectivity index (χ0n) is 5.79. The summed E-state index contributed by atoms with van der Waals surface area (Å²) in [5.41, 5.74) is 0. The highest BCUT2D eigenvalue weighted by Crippen LogP contribution is 1.88. The molecule has 0 saturated carbocycles. The van der Waals surface area contributed by atoms with Gasteiger partial charge in [0.2, 0.25) is 0 Å². The summed E-state index contributed by atoms with van der Waals surface area (Å²) in [6.07, 6.45) is -2.44. The largest absolute Gasteiger partial charge is 0.483 e. The van der Waals surface area contributed by atoms with Gasteiger partial charge >= 0.3 is 0 Å². The Morgan fingerprint density at radius 1 is 1.09 bits per heavy atom. The number of rotatable bonds is 3. The molecule has 0 heterocycles. The number of hydrogen-bond donors (Lipinski definition) is 5. The molecule has 0 aliphatic rings. The van der Waals surface area contributed by atoms with Gasteiger partial charge in [0.25, 0.3) is 6.47 Å². The Morgan fingerprint density at radius 3 is 1.36 bits per heavy atom. The first-order valence-corrected chi connectivity index (χ1v) is 2.79. The maximum absolute atomic E-state index is 8.47. The summed E-state index contributed by atoms with van der Waals surface area (Å²) in [6.45, 7) is -1.30. The average Bonchev–Trinajstić information content (AvgIpc) is 2.03. The Kier molecular flexibility index (Phi) is 11.0. The molecule has 6 heteroatoms. The zero-order valence-corrected chi connectivity index (χ0v) is 5.79. The molecule has 0 fully saturated rings. The first-order valence-electron chi connectivity index (χ1n) is 2.79. The van der Waals surface area contributed by atoms with Crippen molar-refractivity contribution in [2.45, 2.75) is 12.2 Å². The molecular formula is C5H12O6. The molecule has 0 amide bonds. The van der Waals surface area contributed by atoms with Crippen LogP contribution in [0.5, 0.6) is 0 Å². The van der Waals surface area contributed by atoms with E-state index in [1.165, 1.54) is 0 Å². The third-order valence-electron chi connectivity index (χ3n) is 0.818. The van der Waals surface area contributed by atoms with Gasteiger partial charge in [-0.2, -0.15) is 0 Å². The molecule has 0 aromatic heterocycles. The molecule has 0 saturated heterocycles. The van der Waals surface area contributed by atoms with Gasteiger partial charge < -0.3 is 25.5 Å². The SMILES string of the molecule is O=CO.OCC(O)C(O)CO. The highest BCUT2D eigenvalue weighted by molar-refractivity contribution is 5.32. The van der Waals surface area contributed by atoms with E-state index >= 15 is 0 Å². The molecule has 5 N–H and O–H groups in total. The number of carboxylic acid groups (broad SMARTS) is 1. The summed E-state index contributed by atoms with van der Waals surface area (Å²) in [7, 11) is 0. The van der Waals surface area contributed by atoms with Crippen LogP contribution in [0.3, 0.4) is 0 Å². The van der Waals surface area contributed by atoms with E-state index in [9.17, 15) is 0 Å². The molecule has 2 atom stereocenters. The second kappa shape index (κ2) is 9.31. The quantitative estimate of drug-likeness (QED) is 0.295. The average molecular weight is 168 g/mol. The normalized spacial score (nSPS) is 14.2. The van der Waals surface area contributed by atoms with Gasteiger partial charge in [0.1, 0.15) is 12.2 Å². The summed E-state index contributed by atoms with van der Waals surface area (Å²) >= 11 is 0. The van der Waals surface area contributed by atoms with Crippen LogP contribution in [0.2, 0.25) is 0 Å². The lowest BCUT2D eigenvalue weighted by atomic mass is 10.2. The Bertz CT molecular complexity index is 77.0. The summed E-state index contributed by atoms with van der Waals surface area (Å²) < 4.78 is 0. The molecular weight excluding hydrogens is 156 g/mol. The molecule has 0 bridgehead atoms. The lowest BCUT2D eigenvalue weighted by Crippen LogP contribution is -2.31. The van der Waals surface area contributed by atoms with Crippen LogP contribution in [0.4, 0.5) is 0 Å². The molecule has 0 aromatic carbocycles. The van der Waals surface area contributed by atoms with Gasteiger partial charge in [-0.25, -0.2) is 0 Å². The molecule has 0 aliphatic carbocycles. The maximum Gasteiger partial charge on any atom is 0.290 e. The van der Waals surface area contributed by atoms with Crippen molar-refractivity contribution in [1.82, 2.24) is 0 Å². The third kappa shape index (κ3) is 9.31. The Labute approximate surface area is 63.3 Å². The van der Waals surface area contributed by atoms with E-state index in [4.69, 9.17) is 30.3 Å². The summed E-state index contributed by atoms with van der Waals surface area (Å²) in [5, 5.41) is 40.1. The minimum atomic E-state index is -1.22. The fourth-order valence-electron chi connectivity index (χ4n) is 0.243. The van der Waals surface area contributed by atoms with Crippen LogP contribution in [-0.4, -0.2) is 57.4 Å². The summed E-state index contributed by atoms with van der Waals surface area (Å²) in [4.78, 5) is 8.36. The van der Waals surface area contributed by atoms with Crippen LogP contribution in [-0.2, 0) is 4.79 Å². The van der Waals surface area contributed by atoms with Crippen LogP contribution in [0.1, 0.15) is 0 Å². The number of carbonyl (C=O) groups is 1. The van der Waals surface area contributed by atoms with Gasteiger partial charge in [-0.15, -0.1) is 0 Å². The van der Waals surface area contributed by atoms with Crippen molar-refractivity contribution >= 4 is 6.47 Å². The van der Waals surface area contributed by atoms with E-state index in [2.05, 4.69) is 0 Å². The topological polar surface area (TPSA) is 118 Å². The monoisotopic (exact) mass is 168 g/mol. The molecule has 0 spiro atoms. The number of hydrogen-bond acceptors (Lipinski definition) is 5. The van der Waals surface area contributed by atoms with Crippen molar-refractivity contribution in [2.24, 2.45) is 0 Å². The van der Waals surface area contributed by atoms with E-state index in [-0.39, 0.29) is 6.47 Å². The summed E-state index contributed by atoms with van der Waals surface area (Å²) in [6, 6.07) is 0. The lowest BCUT2D eigenvalue weighted by Gasteiger charge is -2.10. The number of aliphatic hydroxyl groups is 4. The van der Waals surface area contributed by atoms with Gasteiger partial charge in [0, 0.05) is 0 Å². The first kappa shape index (κ1) is 12.9. The third-order valence-corrected chi connectivity index (χ3v) is 0.818. The maximum atomic E-state index is 8.47. The predicted octanol–water partition coefficient (Wildman–Crippen LogP) is -2.61. The second-order valence-electron chi connectivity index (χ2n) is 1.61. The molecule has 11 heavy (non-hydrogen) atoms. The smallest absolute Gasteiger partial charge is 0.290 e. The van der Waals surface area contributed by atoms with Crippen molar-refractivity contribution in [3.8, 4) is 0 Å². The fourth-order valence-corrected chi connectivity index (χ4v) is 0.243. The van der Waals surface area contributed by atoms with Crippen molar-refractivity contribution in [1.29, 1.82) is 0 Å². The molecule has 0 aliphatic heterocycles. The van der Waals surface area contributed by atoms with Gasteiger partial charge in [-0.3, -0.25) is 4.79 Å². The molecule has 0 aromatic rings. The van der Waals surface area contributed by atoms with Gasteiger partial charge in [-0.1, -0.05) is 0 Å². The highest BCUT2D eigenvalue weighted by Gasteiger charge is 2.12. The Balaban J connectivity index is 0. The minimum absolute atomic E-state index is 0.250. The van der Waals surface area contributed by atoms with Crippen LogP contribution in [0.25, 0.3) is 0 Å². The molecule has 68 valence electrons. The van der Waals surface area contributed by atoms with Crippen LogP contribution < -0.4 is 0 Å². The van der Waals surface area contributed by atoms with Crippen molar-refractivity contribution < 1.29 is 30.3 Å². The lowest BCUT2D eigenvalue weighted by molar-refractivity contribution is -0.122. The van der Waals surface area contributed by atoms with Gasteiger partial charge in [0.15, 0.2) is 0 Å². The highest BCUT2D eigenvalue weighted by atomic mass is 16.4. The van der Waals surface area contributed by atoms with Crippen molar-refractivity contribution in [3.63, 3.8) is 0 Å². The van der Waals surface area contributed by atoms with E-state index in [0.717, 1.165) is 0 Å². The Hall–Kier alpha value is -0.690. The molecule has 6 nitrogen and oxygen atoms in total. The first-order chi connectivity index (χ1) is 5.13. The van der Waals surface area contributed by atoms with E-state index < -0.39 is 25.4 Å². The number of aliphatic hydroxyl groups excluding tert-OH is 4. The van der Waals surface area contributed by atoms with E-state index in [1.54, 1.807) is 0 Å². The fraction of sp³-hybridized carbons (Fsp3) is 0.800. The Morgan fingerprint density at radius 2 is 1.27 bits per heavy atom. The minimum Gasteiger partial charge on any atom is -0.483 e. The molecule has 2 unspecified atom stereocenters. The second-order valence-corrected chi connectivity index (χ2v) is 1.61. The summed E-state index contributed by atoms with van der Waals surface area (Å²) in [5.74, 6) is 0. The predicted molar refractivity (Wildman–Crippen MR) is 34.9 cm³/mol. The molecule has 0 radical (unpaired) electrons. The van der Waals surface area contributed by atoms with Crippen molar-refractivity contribution in [2.75, 3.05) is 13.2 Å². The van der Waals surface area contributed by atoms with Gasteiger partial charge in [-0.05, 0) is 0 Å². The van der Waals surface area contributed by atoms with Crippen LogP contribution in [0.15, 0.2) is 0 Å². The standard InChI is InChI=1S/C4H10O4.CH2O2/c5-1-3(7)4(8)2-6;2-1-3/h3-8H,1-2H2;1H,(H,2,3).